The summed E-state index contributed by atoms with van der Waals surface area (Å²) < 4.78 is 17.5. The Bertz CT molecular complexity index is 1540. The molecule has 1 aliphatic rings. The molecule has 1 rings (SSSR count). The number of rotatable bonds is 50. The lowest BCUT2D eigenvalue weighted by Crippen LogP contribution is -2.61. The summed E-state index contributed by atoms with van der Waals surface area (Å²) in [5.74, 6) is -1.28. The zero-order chi connectivity index (χ0) is 54.7. The van der Waals surface area contributed by atoms with Crippen LogP contribution in [0, 0.1) is 0 Å². The van der Waals surface area contributed by atoms with Gasteiger partial charge in [0.25, 0.3) is 0 Å². The van der Waals surface area contributed by atoms with E-state index < -0.39 is 67.4 Å². The summed E-state index contributed by atoms with van der Waals surface area (Å²) in [6.07, 6.45) is 56.5. The molecular weight excluding hydrogens is 943 g/mol. The number of allylic oxidation sites excluding steroid dienone is 12. The van der Waals surface area contributed by atoms with Gasteiger partial charge in [0, 0.05) is 12.8 Å². The van der Waals surface area contributed by atoms with Gasteiger partial charge in [-0.25, -0.2) is 0 Å². The van der Waals surface area contributed by atoms with E-state index >= 15 is 0 Å². The highest BCUT2D eigenvalue weighted by molar-refractivity contribution is 5.81. The van der Waals surface area contributed by atoms with Crippen LogP contribution in [0.3, 0.4) is 0 Å². The lowest BCUT2D eigenvalue weighted by atomic mass is 9.99. The van der Waals surface area contributed by atoms with Crippen LogP contribution in [-0.4, -0.2) is 99.6 Å². The maximum atomic E-state index is 13.3. The van der Waals surface area contributed by atoms with E-state index in [1.807, 2.05) is 12.2 Å². The fraction of sp³-hybridized carbons (Fsp3) is 0.750. The Balaban J connectivity index is 2.67. The molecule has 8 unspecified atom stereocenters. The Hall–Kier alpha value is -3.16. The monoisotopic (exact) mass is 1050 g/mol. The molecular formula is C64H111NO10. The second-order valence-corrected chi connectivity index (χ2v) is 20.7. The third kappa shape index (κ3) is 39.8. The van der Waals surface area contributed by atoms with Crippen molar-refractivity contribution in [3.63, 3.8) is 0 Å². The van der Waals surface area contributed by atoms with Crippen molar-refractivity contribution < 1.29 is 49.3 Å². The van der Waals surface area contributed by atoms with Gasteiger partial charge in [0.1, 0.15) is 24.4 Å². The van der Waals surface area contributed by atoms with Crippen molar-refractivity contribution >= 4 is 11.9 Å². The molecule has 0 saturated carbocycles. The lowest BCUT2D eigenvalue weighted by Gasteiger charge is -2.41. The lowest BCUT2D eigenvalue weighted by molar-refractivity contribution is -0.305. The van der Waals surface area contributed by atoms with E-state index in [2.05, 4.69) is 86.8 Å². The summed E-state index contributed by atoms with van der Waals surface area (Å²) in [5.41, 5.74) is 0. The summed E-state index contributed by atoms with van der Waals surface area (Å²) >= 11 is 0. The van der Waals surface area contributed by atoms with Crippen LogP contribution in [0.15, 0.2) is 85.1 Å². The third-order valence-corrected chi connectivity index (χ3v) is 13.8. The van der Waals surface area contributed by atoms with Crippen molar-refractivity contribution in [3.8, 4) is 0 Å². The van der Waals surface area contributed by atoms with Gasteiger partial charge in [0.05, 0.1) is 25.4 Å². The number of amides is 1. The van der Waals surface area contributed by atoms with E-state index in [-0.39, 0.29) is 19.4 Å². The van der Waals surface area contributed by atoms with E-state index in [0.717, 1.165) is 96.3 Å². The molecule has 11 nitrogen and oxygen atoms in total. The van der Waals surface area contributed by atoms with Crippen LogP contribution < -0.4 is 5.32 Å². The van der Waals surface area contributed by atoms with Gasteiger partial charge in [-0.3, -0.25) is 9.59 Å². The molecule has 1 amide bonds. The van der Waals surface area contributed by atoms with Gasteiger partial charge in [-0.05, 0) is 83.5 Å². The van der Waals surface area contributed by atoms with Gasteiger partial charge in [0.2, 0.25) is 5.91 Å². The summed E-state index contributed by atoms with van der Waals surface area (Å²) in [6.45, 7) is 5.68. The molecule has 75 heavy (non-hydrogen) atoms. The number of hydrogen-bond acceptors (Lipinski definition) is 10. The highest BCUT2D eigenvalue weighted by Crippen LogP contribution is 2.26. The highest BCUT2D eigenvalue weighted by Gasteiger charge is 2.47. The van der Waals surface area contributed by atoms with E-state index in [9.17, 15) is 35.1 Å². The number of ether oxygens (including phenoxy) is 3. The van der Waals surface area contributed by atoms with Crippen LogP contribution in [-0.2, 0) is 23.8 Å². The number of nitrogens with one attached hydrogen (secondary N) is 1. The minimum absolute atomic E-state index is 0.0779. The molecule has 0 aromatic rings. The second-order valence-electron chi connectivity index (χ2n) is 20.7. The van der Waals surface area contributed by atoms with Crippen molar-refractivity contribution in [2.24, 2.45) is 0 Å². The predicted molar refractivity (Wildman–Crippen MR) is 310 cm³/mol. The van der Waals surface area contributed by atoms with E-state index in [1.54, 1.807) is 12.2 Å². The molecule has 0 aromatic carbocycles. The molecule has 11 heteroatoms. The van der Waals surface area contributed by atoms with Gasteiger partial charge in [-0.2, -0.15) is 0 Å². The fourth-order valence-electron chi connectivity index (χ4n) is 8.91. The first kappa shape index (κ1) is 69.9. The second kappa shape index (κ2) is 51.6. The first-order valence-corrected chi connectivity index (χ1v) is 30.4. The molecule has 6 N–H and O–H groups in total. The maximum absolute atomic E-state index is 13.3. The maximum Gasteiger partial charge on any atom is 0.306 e. The number of aliphatic hydroxyl groups excluding tert-OH is 5. The Morgan fingerprint density at radius 1 is 0.520 bits per heavy atom. The summed E-state index contributed by atoms with van der Waals surface area (Å²) in [5, 5.41) is 56.7. The molecule has 0 bridgehead atoms. The normalized spacial score (nSPS) is 19.8. The molecule has 0 aliphatic carbocycles. The van der Waals surface area contributed by atoms with Gasteiger partial charge >= 0.3 is 5.97 Å². The molecule has 1 saturated heterocycles. The molecule has 0 radical (unpaired) electrons. The van der Waals surface area contributed by atoms with Crippen LogP contribution in [0.2, 0.25) is 0 Å². The largest absolute Gasteiger partial charge is 0.454 e. The number of carbonyl (C=O) groups excluding carboxylic acids is 2. The van der Waals surface area contributed by atoms with Gasteiger partial charge < -0.3 is 45.1 Å². The predicted octanol–water partition coefficient (Wildman–Crippen LogP) is 14.2. The van der Waals surface area contributed by atoms with Crippen molar-refractivity contribution in [1.82, 2.24) is 5.32 Å². The number of aliphatic hydroxyl groups is 5. The minimum atomic E-state index is -1.63. The molecule has 1 heterocycles. The Morgan fingerprint density at radius 2 is 0.920 bits per heavy atom. The van der Waals surface area contributed by atoms with Crippen LogP contribution in [0.1, 0.15) is 245 Å². The molecule has 0 spiro atoms. The first-order valence-electron chi connectivity index (χ1n) is 30.4. The standard InChI is InChI=1S/C64H111NO10/c1-4-7-10-13-16-19-22-24-25-26-27-28-29-30-31-32-33-34-37-40-43-46-49-52-59(69)75-62-61(71)60(70)58(53-66)74-64(62)73-54-55(56(67)50-47-44-41-38-35-21-18-15-12-9-6-3)65-63(72)57(68)51-48-45-42-39-36-23-20-17-14-11-8-5-2/h16,19,24-25,27-28,30-31,36,39,45,47-48,50,55-58,60-62,64,66-68,70-71H,4-15,17-18,20-23,26,29,32-35,37-38,40-44,46,49,51-54H2,1-3H3,(H,65,72)/b19-16-,25-24-,28-27-,31-30-,39-36-,48-45+,50-47+. The number of carbonyl (C=O) groups is 2. The minimum Gasteiger partial charge on any atom is -0.454 e. The highest BCUT2D eigenvalue weighted by atomic mass is 16.7. The van der Waals surface area contributed by atoms with Gasteiger partial charge in [0.15, 0.2) is 12.4 Å². The summed E-state index contributed by atoms with van der Waals surface area (Å²) in [6, 6.07) is -1.06. The number of hydrogen-bond donors (Lipinski definition) is 6. The molecule has 432 valence electrons. The zero-order valence-corrected chi connectivity index (χ0v) is 47.6. The Morgan fingerprint density at radius 3 is 1.40 bits per heavy atom. The molecule has 1 fully saturated rings. The quantitative estimate of drug-likeness (QED) is 0.0195. The first-order chi connectivity index (χ1) is 36.7. The smallest absolute Gasteiger partial charge is 0.306 e. The summed E-state index contributed by atoms with van der Waals surface area (Å²) in [7, 11) is 0. The molecule has 0 aromatic heterocycles. The van der Waals surface area contributed by atoms with E-state index in [0.29, 0.717) is 12.8 Å². The SMILES string of the molecule is CCCCC/C=C\C/C=C\C/C=C\C/C=C\CCCCCCCCCC(=O)OC1C(OCC(NC(=O)C(O)C/C=C/C/C=C\CCCCCCCC)C(O)/C=C/CCCCCCCCCCC)OC(CO)C(O)C1O. The van der Waals surface area contributed by atoms with Gasteiger partial charge in [-0.15, -0.1) is 0 Å². The van der Waals surface area contributed by atoms with Crippen LogP contribution in [0.25, 0.3) is 0 Å². The zero-order valence-electron chi connectivity index (χ0n) is 47.6. The van der Waals surface area contributed by atoms with Crippen molar-refractivity contribution in [2.75, 3.05) is 13.2 Å². The molecule has 8 atom stereocenters. The Labute approximate surface area is 457 Å². The Kier molecular flexibility index (Phi) is 48.0. The van der Waals surface area contributed by atoms with Crippen molar-refractivity contribution in [2.45, 2.75) is 294 Å². The van der Waals surface area contributed by atoms with Crippen LogP contribution in [0.5, 0.6) is 0 Å². The van der Waals surface area contributed by atoms with Crippen LogP contribution in [0.4, 0.5) is 0 Å². The molecule has 1 aliphatic heterocycles. The van der Waals surface area contributed by atoms with Crippen molar-refractivity contribution in [3.05, 3.63) is 85.1 Å². The number of unbranched alkanes of at least 4 members (excludes halogenated alkanes) is 25. The summed E-state index contributed by atoms with van der Waals surface area (Å²) in [4.78, 5) is 26.4. The topological polar surface area (TPSA) is 175 Å². The van der Waals surface area contributed by atoms with Crippen molar-refractivity contribution in [1.29, 1.82) is 0 Å². The van der Waals surface area contributed by atoms with E-state index in [1.165, 1.54) is 103 Å². The van der Waals surface area contributed by atoms with Gasteiger partial charge in [-0.1, -0.05) is 234 Å². The third-order valence-electron chi connectivity index (χ3n) is 13.8. The van der Waals surface area contributed by atoms with E-state index in [4.69, 9.17) is 14.2 Å². The number of esters is 1. The average Bonchev–Trinajstić information content (AvgIpc) is 3.41. The average molecular weight is 1050 g/mol. The fourth-order valence-corrected chi connectivity index (χ4v) is 8.91. The van der Waals surface area contributed by atoms with Crippen LogP contribution >= 0.6 is 0 Å².